The number of hydrazine groups is 1. The number of hydrogen-bond acceptors (Lipinski definition) is 7. The Bertz CT molecular complexity index is 878. The molecule has 32 heavy (non-hydrogen) atoms. The Balaban J connectivity index is 1.05. The van der Waals surface area contributed by atoms with Crippen LogP contribution in [0.1, 0.15) is 24.8 Å². The second-order valence-corrected chi connectivity index (χ2v) is 9.07. The predicted octanol–water partition coefficient (Wildman–Crippen LogP) is 1.88. The van der Waals surface area contributed by atoms with Crippen LogP contribution in [0.2, 0.25) is 0 Å². The Morgan fingerprint density at radius 3 is 2.94 bits per heavy atom. The largest absolute Gasteiger partial charge is 0.383 e. The van der Waals surface area contributed by atoms with E-state index in [-0.39, 0.29) is 12.0 Å². The van der Waals surface area contributed by atoms with Crippen LogP contribution in [0.3, 0.4) is 0 Å². The minimum absolute atomic E-state index is 0.0483. The van der Waals surface area contributed by atoms with Crippen LogP contribution in [0.4, 0.5) is 0 Å². The fourth-order valence-corrected chi connectivity index (χ4v) is 5.04. The number of carbonyl (C=O) groups is 1. The molecule has 170 valence electrons. The van der Waals surface area contributed by atoms with E-state index in [1.807, 2.05) is 35.6 Å². The van der Waals surface area contributed by atoms with Gasteiger partial charge in [0, 0.05) is 76.1 Å². The molecule has 8 nitrogen and oxygen atoms in total. The number of fused-ring (bicyclic) bond motifs is 1. The Kier molecular flexibility index (Phi) is 6.50. The molecule has 0 aromatic carbocycles. The maximum atomic E-state index is 12.8. The van der Waals surface area contributed by atoms with Crippen molar-refractivity contribution in [2.24, 2.45) is 11.1 Å². The molecule has 0 aliphatic carbocycles. The first kappa shape index (κ1) is 21.2. The first-order valence-corrected chi connectivity index (χ1v) is 11.8. The summed E-state index contributed by atoms with van der Waals surface area (Å²) < 4.78 is 0. The fraction of sp³-hybridized carbons (Fsp3) is 0.542. The van der Waals surface area contributed by atoms with Gasteiger partial charge >= 0.3 is 0 Å². The van der Waals surface area contributed by atoms with Gasteiger partial charge in [0.25, 0.3) is 0 Å². The number of hydrogen-bond donors (Lipinski definition) is 0. The standard InChI is InChI=1S/C24H32N6O2/c31-24(6-9-27-8-2-4-21(18-27)15-20-3-1-7-25-16-20)28-11-13-29(14-12-28)30-10-5-23-22(19-30)17-26-32-23/h1,3,5,7,10,16-17,19,21,23H,2,4,6,8-9,11-15,18H2. The van der Waals surface area contributed by atoms with Gasteiger partial charge in [-0.15, -0.1) is 0 Å². The topological polar surface area (TPSA) is 64.5 Å². The lowest BCUT2D eigenvalue weighted by Crippen LogP contribution is -2.53. The van der Waals surface area contributed by atoms with Gasteiger partial charge in [-0.2, -0.15) is 0 Å². The summed E-state index contributed by atoms with van der Waals surface area (Å²) in [7, 11) is 0. The summed E-state index contributed by atoms with van der Waals surface area (Å²) in [6.07, 6.45) is 15.8. The second-order valence-electron chi connectivity index (χ2n) is 9.07. The molecule has 2 saturated heterocycles. The maximum absolute atomic E-state index is 12.8. The van der Waals surface area contributed by atoms with E-state index >= 15 is 0 Å². The summed E-state index contributed by atoms with van der Waals surface area (Å²) in [6, 6.07) is 4.18. The molecule has 4 aliphatic rings. The van der Waals surface area contributed by atoms with Crippen LogP contribution in [-0.2, 0) is 16.1 Å². The summed E-state index contributed by atoms with van der Waals surface area (Å²) in [6.45, 7) is 6.26. The lowest BCUT2D eigenvalue weighted by Gasteiger charge is -2.40. The Morgan fingerprint density at radius 2 is 2.09 bits per heavy atom. The highest BCUT2D eigenvalue weighted by Gasteiger charge is 2.28. The first-order chi connectivity index (χ1) is 15.7. The molecule has 2 atom stereocenters. The van der Waals surface area contributed by atoms with E-state index in [1.165, 1.54) is 18.4 Å². The Morgan fingerprint density at radius 1 is 1.19 bits per heavy atom. The second kappa shape index (κ2) is 9.83. The van der Waals surface area contributed by atoms with Crippen molar-refractivity contribution in [1.29, 1.82) is 0 Å². The number of amides is 1. The summed E-state index contributed by atoms with van der Waals surface area (Å²) >= 11 is 0. The van der Waals surface area contributed by atoms with E-state index in [0.29, 0.717) is 12.3 Å². The Labute approximate surface area is 189 Å². The normalized spacial score (nSPS) is 26.1. The van der Waals surface area contributed by atoms with E-state index in [4.69, 9.17) is 4.84 Å². The van der Waals surface area contributed by atoms with E-state index in [9.17, 15) is 4.79 Å². The third-order valence-electron chi connectivity index (χ3n) is 6.83. The molecule has 2 fully saturated rings. The predicted molar refractivity (Wildman–Crippen MR) is 122 cm³/mol. The summed E-state index contributed by atoms with van der Waals surface area (Å²) in [5, 5.41) is 8.25. The van der Waals surface area contributed by atoms with Gasteiger partial charge in [0.05, 0.1) is 6.21 Å². The van der Waals surface area contributed by atoms with Gasteiger partial charge in [0.1, 0.15) is 0 Å². The molecule has 8 heteroatoms. The monoisotopic (exact) mass is 436 g/mol. The van der Waals surface area contributed by atoms with Crippen LogP contribution in [-0.4, -0.2) is 88.8 Å². The number of carbonyl (C=O) groups excluding carboxylic acids is 1. The quantitative estimate of drug-likeness (QED) is 0.679. The molecule has 0 saturated carbocycles. The highest BCUT2D eigenvalue weighted by molar-refractivity contribution is 5.82. The van der Waals surface area contributed by atoms with Gasteiger partial charge in [0.2, 0.25) is 5.91 Å². The number of likely N-dealkylation sites (tertiary alicyclic amines) is 1. The zero-order chi connectivity index (χ0) is 21.8. The number of pyridine rings is 1. The van der Waals surface area contributed by atoms with E-state index < -0.39 is 0 Å². The van der Waals surface area contributed by atoms with Crippen LogP contribution in [0.25, 0.3) is 0 Å². The van der Waals surface area contributed by atoms with Crippen LogP contribution in [0.15, 0.2) is 53.7 Å². The molecular weight excluding hydrogens is 404 g/mol. The van der Waals surface area contributed by atoms with Crippen LogP contribution >= 0.6 is 0 Å². The fourth-order valence-electron chi connectivity index (χ4n) is 5.04. The van der Waals surface area contributed by atoms with E-state index in [0.717, 1.165) is 57.8 Å². The average Bonchev–Trinajstić information content (AvgIpc) is 3.32. The zero-order valence-corrected chi connectivity index (χ0v) is 18.6. The van der Waals surface area contributed by atoms with Crippen molar-refractivity contribution in [3.63, 3.8) is 0 Å². The molecule has 1 amide bonds. The molecule has 1 aromatic rings. The molecule has 0 N–H and O–H groups in total. The first-order valence-electron chi connectivity index (χ1n) is 11.8. The van der Waals surface area contributed by atoms with Gasteiger partial charge in [-0.25, -0.2) is 5.01 Å². The number of rotatable bonds is 6. The summed E-state index contributed by atoms with van der Waals surface area (Å²) in [5.41, 5.74) is 2.38. The number of piperazine rings is 1. The lowest BCUT2D eigenvalue weighted by molar-refractivity contribution is -0.135. The molecule has 0 bridgehead atoms. The molecule has 5 heterocycles. The van der Waals surface area contributed by atoms with Gasteiger partial charge in [-0.3, -0.25) is 14.8 Å². The van der Waals surface area contributed by atoms with Crippen molar-refractivity contribution in [3.05, 3.63) is 54.1 Å². The maximum Gasteiger partial charge on any atom is 0.223 e. The third kappa shape index (κ3) is 5.02. The minimum atomic E-state index is -0.0483. The Hall–Kier alpha value is -2.71. The molecular formula is C24H32N6O2. The number of aromatic nitrogens is 1. The minimum Gasteiger partial charge on any atom is -0.383 e. The third-order valence-corrected chi connectivity index (χ3v) is 6.83. The summed E-state index contributed by atoms with van der Waals surface area (Å²) in [4.78, 5) is 26.9. The number of nitrogens with zero attached hydrogens (tertiary/aromatic N) is 6. The molecule has 0 spiro atoms. The van der Waals surface area contributed by atoms with E-state index in [2.05, 4.69) is 37.3 Å². The van der Waals surface area contributed by atoms with Gasteiger partial charge < -0.3 is 14.6 Å². The van der Waals surface area contributed by atoms with Crippen molar-refractivity contribution in [1.82, 2.24) is 24.8 Å². The van der Waals surface area contributed by atoms with Crippen LogP contribution < -0.4 is 0 Å². The zero-order valence-electron chi connectivity index (χ0n) is 18.6. The summed E-state index contributed by atoms with van der Waals surface area (Å²) in [5.74, 6) is 0.941. The van der Waals surface area contributed by atoms with Gasteiger partial charge in [-0.05, 0) is 49.4 Å². The van der Waals surface area contributed by atoms with E-state index in [1.54, 1.807) is 6.21 Å². The molecule has 2 unspecified atom stereocenters. The van der Waals surface area contributed by atoms with Gasteiger partial charge in [-0.1, -0.05) is 11.2 Å². The van der Waals surface area contributed by atoms with Crippen LogP contribution in [0.5, 0.6) is 0 Å². The molecule has 1 aromatic heterocycles. The van der Waals surface area contributed by atoms with Crippen LogP contribution in [0, 0.1) is 5.92 Å². The lowest BCUT2D eigenvalue weighted by atomic mass is 9.92. The average molecular weight is 437 g/mol. The highest BCUT2D eigenvalue weighted by atomic mass is 16.6. The smallest absolute Gasteiger partial charge is 0.223 e. The SMILES string of the molecule is O=C(CCN1CCCC(Cc2cccnc2)C1)N1CCN(N2C=CC3ON=CC3=C2)CC1. The van der Waals surface area contributed by atoms with Crippen molar-refractivity contribution in [2.45, 2.75) is 31.8 Å². The molecule has 0 radical (unpaired) electrons. The number of piperidine rings is 1. The van der Waals surface area contributed by atoms with Gasteiger partial charge in [0.15, 0.2) is 6.10 Å². The molecule has 4 aliphatic heterocycles. The highest BCUT2D eigenvalue weighted by Crippen LogP contribution is 2.22. The number of oxime groups is 1. The van der Waals surface area contributed by atoms with Crippen molar-refractivity contribution < 1.29 is 9.63 Å². The van der Waals surface area contributed by atoms with Crippen molar-refractivity contribution in [3.8, 4) is 0 Å². The van der Waals surface area contributed by atoms with Crippen molar-refractivity contribution in [2.75, 3.05) is 45.8 Å². The van der Waals surface area contributed by atoms with Crippen molar-refractivity contribution >= 4 is 12.1 Å². The molecule has 5 rings (SSSR count).